The fourth-order valence-corrected chi connectivity index (χ4v) is 3.23. The summed E-state index contributed by atoms with van der Waals surface area (Å²) in [4.78, 5) is 5.32. The molecule has 0 aliphatic carbocycles. The first-order chi connectivity index (χ1) is 10.2. The Morgan fingerprint density at radius 1 is 1.43 bits per heavy atom. The molecule has 0 aliphatic heterocycles. The minimum absolute atomic E-state index is 0.0749. The number of nitrogens with zero attached hydrogens (tertiary/aromatic N) is 1. The minimum atomic E-state index is -0.236. The molecule has 1 N–H and O–H groups in total. The molecule has 3 aromatic rings. The number of likely N-dealkylation sites (N-methyl/N-ethyl adjacent to an activating group) is 1. The van der Waals surface area contributed by atoms with Gasteiger partial charge >= 0.3 is 0 Å². The molecule has 0 bridgehead atoms. The van der Waals surface area contributed by atoms with Crippen LogP contribution < -0.4 is 5.32 Å². The van der Waals surface area contributed by atoms with E-state index in [4.69, 9.17) is 4.42 Å². The van der Waals surface area contributed by atoms with Gasteiger partial charge in [0.25, 0.3) is 0 Å². The van der Waals surface area contributed by atoms with Gasteiger partial charge in [-0.05, 0) is 31.7 Å². The van der Waals surface area contributed by atoms with Crippen LogP contribution >= 0.6 is 11.3 Å². The third kappa shape index (κ3) is 2.84. The lowest BCUT2D eigenvalue weighted by atomic mass is 10.0. The van der Waals surface area contributed by atoms with Gasteiger partial charge in [0.1, 0.15) is 17.2 Å². The van der Waals surface area contributed by atoms with Crippen molar-refractivity contribution in [1.29, 1.82) is 0 Å². The van der Waals surface area contributed by atoms with E-state index in [1.807, 2.05) is 18.6 Å². The Morgan fingerprint density at radius 2 is 2.29 bits per heavy atom. The fourth-order valence-electron chi connectivity index (χ4n) is 2.59. The summed E-state index contributed by atoms with van der Waals surface area (Å²) in [7, 11) is 0. The van der Waals surface area contributed by atoms with Crippen LogP contribution in [0.4, 0.5) is 4.39 Å². The van der Waals surface area contributed by atoms with Gasteiger partial charge in [-0.3, -0.25) is 4.98 Å². The van der Waals surface area contributed by atoms with E-state index >= 15 is 0 Å². The van der Waals surface area contributed by atoms with E-state index < -0.39 is 0 Å². The second kappa shape index (κ2) is 5.95. The molecule has 1 atom stereocenters. The molecule has 0 fully saturated rings. The number of thiazole rings is 1. The van der Waals surface area contributed by atoms with E-state index in [0.717, 1.165) is 35.3 Å². The second-order valence-electron chi connectivity index (χ2n) is 5.01. The Labute approximate surface area is 126 Å². The van der Waals surface area contributed by atoms with Crippen LogP contribution in [-0.4, -0.2) is 11.5 Å². The highest BCUT2D eigenvalue weighted by Crippen LogP contribution is 2.32. The molecule has 1 aromatic carbocycles. The summed E-state index contributed by atoms with van der Waals surface area (Å²) >= 11 is 1.63. The molecule has 110 valence electrons. The monoisotopic (exact) mass is 304 g/mol. The molecule has 2 aromatic heterocycles. The number of benzene rings is 1. The van der Waals surface area contributed by atoms with E-state index in [0.29, 0.717) is 0 Å². The van der Waals surface area contributed by atoms with Gasteiger partial charge in [0.2, 0.25) is 0 Å². The number of aromatic nitrogens is 1. The van der Waals surface area contributed by atoms with Crippen molar-refractivity contribution in [1.82, 2.24) is 10.3 Å². The summed E-state index contributed by atoms with van der Waals surface area (Å²) < 4.78 is 19.4. The van der Waals surface area contributed by atoms with Crippen molar-refractivity contribution in [3.05, 3.63) is 51.9 Å². The lowest BCUT2D eigenvalue weighted by Gasteiger charge is -2.15. The Morgan fingerprint density at radius 3 is 3.00 bits per heavy atom. The molecule has 3 nitrogen and oxygen atoms in total. The van der Waals surface area contributed by atoms with Crippen LogP contribution in [0.1, 0.15) is 29.2 Å². The Bertz CT molecular complexity index is 736. The molecule has 0 aliphatic rings. The molecule has 1 unspecified atom stereocenters. The fraction of sp³-hybridized carbons (Fsp3) is 0.312. The maximum absolute atomic E-state index is 13.4. The van der Waals surface area contributed by atoms with Crippen molar-refractivity contribution >= 4 is 22.3 Å². The number of hydrogen-bond acceptors (Lipinski definition) is 4. The standard InChI is InChI=1S/C16H17FN2OS/c1-3-19-14(7-12-8-18-9-21-12)16-10(2)13-6-11(17)4-5-15(13)20-16/h4-6,8-9,14,19H,3,7H2,1-2H3. The van der Waals surface area contributed by atoms with Crippen molar-refractivity contribution in [2.75, 3.05) is 6.54 Å². The van der Waals surface area contributed by atoms with Crippen molar-refractivity contribution in [3.8, 4) is 0 Å². The maximum Gasteiger partial charge on any atom is 0.134 e. The lowest BCUT2D eigenvalue weighted by molar-refractivity contribution is 0.433. The summed E-state index contributed by atoms with van der Waals surface area (Å²) in [5.74, 6) is 0.645. The molecule has 21 heavy (non-hydrogen) atoms. The van der Waals surface area contributed by atoms with E-state index in [1.54, 1.807) is 17.4 Å². The average Bonchev–Trinajstić information content (AvgIpc) is 3.08. The third-order valence-corrected chi connectivity index (χ3v) is 4.39. The van der Waals surface area contributed by atoms with E-state index in [1.165, 1.54) is 17.0 Å². The topological polar surface area (TPSA) is 38.1 Å². The first-order valence-electron chi connectivity index (χ1n) is 6.98. The predicted octanol–water partition coefficient (Wildman–Crippen LogP) is 4.23. The van der Waals surface area contributed by atoms with Crippen molar-refractivity contribution in [2.45, 2.75) is 26.3 Å². The quantitative estimate of drug-likeness (QED) is 0.766. The van der Waals surface area contributed by atoms with Gasteiger partial charge in [0.15, 0.2) is 0 Å². The Hall–Kier alpha value is -1.72. The van der Waals surface area contributed by atoms with Crippen LogP contribution in [0, 0.1) is 12.7 Å². The normalized spacial score (nSPS) is 12.9. The molecular formula is C16H17FN2OS. The third-order valence-electron chi connectivity index (χ3n) is 3.59. The number of fused-ring (bicyclic) bond motifs is 1. The first-order valence-corrected chi connectivity index (χ1v) is 7.86. The summed E-state index contributed by atoms with van der Waals surface area (Å²) in [6.45, 7) is 4.89. The lowest BCUT2D eigenvalue weighted by Crippen LogP contribution is -2.22. The number of halogens is 1. The van der Waals surface area contributed by atoms with Crippen LogP contribution in [0.15, 0.2) is 34.3 Å². The van der Waals surface area contributed by atoms with Crippen molar-refractivity contribution in [3.63, 3.8) is 0 Å². The highest BCUT2D eigenvalue weighted by atomic mass is 32.1. The van der Waals surface area contributed by atoms with E-state index in [9.17, 15) is 4.39 Å². The van der Waals surface area contributed by atoms with Crippen LogP contribution in [0.3, 0.4) is 0 Å². The summed E-state index contributed by atoms with van der Waals surface area (Å²) in [6, 6.07) is 4.73. The van der Waals surface area contributed by atoms with Gasteiger partial charge in [-0.2, -0.15) is 0 Å². The number of aryl methyl sites for hydroxylation is 1. The second-order valence-corrected chi connectivity index (χ2v) is 5.98. The summed E-state index contributed by atoms with van der Waals surface area (Å²) in [6.07, 6.45) is 2.70. The zero-order valence-corrected chi connectivity index (χ0v) is 12.8. The molecule has 0 radical (unpaired) electrons. The number of hydrogen-bond donors (Lipinski definition) is 1. The van der Waals surface area contributed by atoms with Crippen molar-refractivity contribution < 1.29 is 8.81 Å². The van der Waals surface area contributed by atoms with Crippen LogP contribution in [0.5, 0.6) is 0 Å². The maximum atomic E-state index is 13.4. The van der Waals surface area contributed by atoms with Crippen LogP contribution in [0.25, 0.3) is 11.0 Å². The SMILES string of the molecule is CCNC(Cc1cncs1)c1oc2ccc(F)cc2c1C. The first kappa shape index (κ1) is 14.2. The highest BCUT2D eigenvalue weighted by Gasteiger charge is 2.21. The zero-order chi connectivity index (χ0) is 14.8. The Balaban J connectivity index is 2.00. The number of nitrogens with one attached hydrogen (secondary N) is 1. The van der Waals surface area contributed by atoms with Crippen LogP contribution in [0.2, 0.25) is 0 Å². The minimum Gasteiger partial charge on any atom is -0.459 e. The molecule has 0 saturated carbocycles. The largest absolute Gasteiger partial charge is 0.459 e. The summed E-state index contributed by atoms with van der Waals surface area (Å²) in [5.41, 5.74) is 3.57. The van der Waals surface area contributed by atoms with Crippen molar-refractivity contribution in [2.24, 2.45) is 0 Å². The van der Waals surface area contributed by atoms with Gasteiger partial charge in [0.05, 0.1) is 11.6 Å². The predicted molar refractivity (Wildman–Crippen MR) is 83.1 cm³/mol. The Kier molecular flexibility index (Phi) is 4.03. The van der Waals surface area contributed by atoms with Gasteiger partial charge in [-0.1, -0.05) is 6.92 Å². The highest BCUT2D eigenvalue weighted by molar-refractivity contribution is 7.09. The van der Waals surface area contributed by atoms with E-state index in [2.05, 4.69) is 17.2 Å². The van der Waals surface area contributed by atoms with Gasteiger partial charge < -0.3 is 9.73 Å². The molecule has 0 spiro atoms. The zero-order valence-electron chi connectivity index (χ0n) is 12.0. The molecule has 0 amide bonds. The van der Waals surface area contributed by atoms with Gasteiger partial charge in [-0.15, -0.1) is 11.3 Å². The number of rotatable bonds is 5. The molecule has 3 rings (SSSR count). The summed E-state index contributed by atoms with van der Waals surface area (Å²) in [5, 5.41) is 4.29. The molecule has 2 heterocycles. The smallest absolute Gasteiger partial charge is 0.134 e. The molecule has 0 saturated heterocycles. The molecular weight excluding hydrogens is 287 g/mol. The van der Waals surface area contributed by atoms with E-state index in [-0.39, 0.29) is 11.9 Å². The van der Waals surface area contributed by atoms with Crippen LogP contribution in [-0.2, 0) is 6.42 Å². The molecule has 5 heteroatoms. The van der Waals surface area contributed by atoms with Gasteiger partial charge in [-0.25, -0.2) is 4.39 Å². The number of furan rings is 1. The average molecular weight is 304 g/mol. The van der Waals surface area contributed by atoms with Gasteiger partial charge in [0, 0.05) is 28.4 Å².